The van der Waals surface area contributed by atoms with Crippen LogP contribution in [-0.4, -0.2) is 50.7 Å². The number of nitrogens with zero attached hydrogens (tertiary/aromatic N) is 5. The van der Waals surface area contributed by atoms with Gasteiger partial charge in [-0.05, 0) is 49.3 Å². The van der Waals surface area contributed by atoms with Crippen LogP contribution in [0.15, 0.2) is 61.2 Å². The van der Waals surface area contributed by atoms with Crippen LogP contribution in [0.5, 0.6) is 0 Å². The number of hydrogen-bond donors (Lipinski definition) is 1. The second-order valence-electron chi connectivity index (χ2n) is 11.0. The Morgan fingerprint density at radius 3 is 2.45 bits per heavy atom. The lowest BCUT2D eigenvalue weighted by atomic mass is 9.85. The minimum Gasteiger partial charge on any atom is -0.351 e. The topological polar surface area (TPSA) is 108 Å². The highest BCUT2D eigenvalue weighted by molar-refractivity contribution is 6.12. The first-order chi connectivity index (χ1) is 20.2. The van der Waals surface area contributed by atoms with Crippen LogP contribution in [0.4, 0.5) is 24.8 Å². The molecule has 9 nitrogen and oxygen atoms in total. The maximum absolute atomic E-state index is 14.7. The number of anilines is 2. The predicted octanol–water partition coefficient (Wildman–Crippen LogP) is 4.08. The van der Waals surface area contributed by atoms with Crippen LogP contribution >= 0.6 is 0 Å². The fraction of sp³-hybridized carbons (Fsp3) is 0.400. The van der Waals surface area contributed by atoms with Gasteiger partial charge in [0.05, 0.1) is 18.1 Å². The minimum atomic E-state index is -2.79. The lowest BCUT2D eigenvalue weighted by molar-refractivity contribution is -0.132. The van der Waals surface area contributed by atoms with E-state index < -0.39 is 41.2 Å². The van der Waals surface area contributed by atoms with E-state index in [0.717, 1.165) is 17.8 Å². The minimum absolute atomic E-state index is 0.0373. The van der Waals surface area contributed by atoms with Crippen molar-refractivity contribution in [3.05, 3.63) is 78.1 Å². The molecular formula is C30H29F3N6O3. The molecule has 42 heavy (non-hydrogen) atoms. The van der Waals surface area contributed by atoms with Gasteiger partial charge in [0.15, 0.2) is 5.54 Å². The van der Waals surface area contributed by atoms with E-state index in [2.05, 4.69) is 20.3 Å². The lowest BCUT2D eigenvalue weighted by Gasteiger charge is -2.43. The Kier molecular flexibility index (Phi) is 7.15. The quantitative estimate of drug-likeness (QED) is 0.473. The molecule has 2 aliphatic carbocycles. The highest BCUT2D eigenvalue weighted by atomic mass is 19.3. The van der Waals surface area contributed by atoms with Crippen LogP contribution in [0.2, 0.25) is 0 Å². The number of carbonyl (C=O) groups excluding carboxylic acids is 3. The molecule has 0 bridgehead atoms. The zero-order chi connectivity index (χ0) is 29.5. The van der Waals surface area contributed by atoms with E-state index in [-0.39, 0.29) is 62.5 Å². The molecule has 218 valence electrons. The summed E-state index contributed by atoms with van der Waals surface area (Å²) in [6, 6.07) is 8.31. The first kappa shape index (κ1) is 27.8. The summed E-state index contributed by atoms with van der Waals surface area (Å²) in [5.41, 5.74) is -0.239. The van der Waals surface area contributed by atoms with Crippen LogP contribution in [0, 0.1) is 5.82 Å². The molecule has 2 aromatic heterocycles. The monoisotopic (exact) mass is 578 g/mol. The van der Waals surface area contributed by atoms with E-state index in [0.29, 0.717) is 12.0 Å². The van der Waals surface area contributed by atoms with Crippen LogP contribution in [0.25, 0.3) is 0 Å². The molecule has 2 fully saturated rings. The third-order valence-corrected chi connectivity index (χ3v) is 8.46. The molecule has 1 unspecified atom stereocenters. The Labute approximate surface area is 240 Å². The van der Waals surface area contributed by atoms with Crippen LogP contribution in [0.3, 0.4) is 0 Å². The number of hydrogen-bond acceptors (Lipinski definition) is 6. The van der Waals surface area contributed by atoms with Crippen molar-refractivity contribution in [1.82, 2.24) is 20.3 Å². The van der Waals surface area contributed by atoms with Gasteiger partial charge in [-0.3, -0.25) is 29.2 Å². The first-order valence-electron chi connectivity index (χ1n) is 14.0. The number of benzene rings is 1. The summed E-state index contributed by atoms with van der Waals surface area (Å²) in [6.07, 6.45) is 5.46. The van der Waals surface area contributed by atoms with Gasteiger partial charge in [-0.2, -0.15) is 0 Å². The van der Waals surface area contributed by atoms with Crippen molar-refractivity contribution in [3.63, 3.8) is 0 Å². The van der Waals surface area contributed by atoms with Crippen LogP contribution < -0.4 is 15.1 Å². The van der Waals surface area contributed by atoms with Crippen molar-refractivity contribution in [2.24, 2.45) is 0 Å². The Morgan fingerprint density at radius 1 is 0.976 bits per heavy atom. The van der Waals surface area contributed by atoms with E-state index in [1.807, 2.05) is 12.1 Å². The van der Waals surface area contributed by atoms with E-state index >= 15 is 0 Å². The largest absolute Gasteiger partial charge is 0.351 e. The van der Waals surface area contributed by atoms with Gasteiger partial charge in [-0.1, -0.05) is 24.3 Å². The van der Waals surface area contributed by atoms with Gasteiger partial charge in [0, 0.05) is 43.8 Å². The summed E-state index contributed by atoms with van der Waals surface area (Å²) >= 11 is 0. The molecule has 6 rings (SSSR count). The third kappa shape index (κ3) is 4.88. The fourth-order valence-corrected chi connectivity index (χ4v) is 6.44. The van der Waals surface area contributed by atoms with Crippen molar-refractivity contribution >= 4 is 29.4 Å². The number of halogens is 3. The molecular weight excluding hydrogens is 549 g/mol. The maximum Gasteiger partial charge on any atom is 0.251 e. The summed E-state index contributed by atoms with van der Waals surface area (Å²) < 4.78 is 42.5. The second kappa shape index (κ2) is 10.8. The normalized spacial score (nSPS) is 23.5. The molecule has 0 radical (unpaired) electrons. The summed E-state index contributed by atoms with van der Waals surface area (Å²) in [4.78, 5) is 57.0. The van der Waals surface area contributed by atoms with Crippen molar-refractivity contribution in [1.29, 1.82) is 0 Å². The number of carbonyl (C=O) groups is 3. The molecule has 3 amide bonds. The van der Waals surface area contributed by atoms with Crippen molar-refractivity contribution in [2.75, 3.05) is 9.80 Å². The van der Waals surface area contributed by atoms with Gasteiger partial charge in [-0.15, -0.1) is 0 Å². The number of aryl methyl sites for hydroxylation is 1. The molecule has 1 N–H and O–H groups in total. The van der Waals surface area contributed by atoms with Gasteiger partial charge < -0.3 is 5.32 Å². The molecule has 1 saturated heterocycles. The average molecular weight is 579 g/mol. The highest BCUT2D eigenvalue weighted by Crippen LogP contribution is 2.46. The molecule has 3 aliphatic rings. The predicted molar refractivity (Wildman–Crippen MR) is 146 cm³/mol. The van der Waals surface area contributed by atoms with Crippen molar-refractivity contribution in [2.45, 2.75) is 74.9 Å². The van der Waals surface area contributed by atoms with E-state index in [9.17, 15) is 27.6 Å². The van der Waals surface area contributed by atoms with E-state index in [1.165, 1.54) is 28.4 Å². The zero-order valence-corrected chi connectivity index (χ0v) is 22.7. The third-order valence-electron chi connectivity index (χ3n) is 8.46. The second-order valence-corrected chi connectivity index (χ2v) is 11.0. The summed E-state index contributed by atoms with van der Waals surface area (Å²) in [5.74, 6) is -4.98. The standard InChI is InChI=1S/C30H29F3N6O3/c31-20-16-22(18-34-17-20)39(26(41)24-6-7-25(40)38(24)28-35-14-3-15-36-28)30(13-8-19-4-1-2-5-23(19)30)27(42)37-21-9-11-29(32,33)12-10-21/h1-5,14-18,21,24H,6-13H2,(H,37,42)/t24-,30?/m0/s1. The van der Waals surface area contributed by atoms with Crippen LogP contribution in [-0.2, 0) is 26.3 Å². The Balaban J connectivity index is 1.47. The number of amides is 3. The smallest absolute Gasteiger partial charge is 0.251 e. The first-order valence-corrected chi connectivity index (χ1v) is 14.0. The van der Waals surface area contributed by atoms with Crippen molar-refractivity contribution < 1.29 is 27.6 Å². The summed E-state index contributed by atoms with van der Waals surface area (Å²) in [5, 5.41) is 2.96. The van der Waals surface area contributed by atoms with Gasteiger partial charge >= 0.3 is 0 Å². The fourth-order valence-electron chi connectivity index (χ4n) is 6.44. The Bertz CT molecular complexity index is 1510. The van der Waals surface area contributed by atoms with Gasteiger partial charge in [0.25, 0.3) is 11.8 Å². The number of fused-ring (bicyclic) bond motifs is 1. The number of rotatable bonds is 6. The summed E-state index contributed by atoms with van der Waals surface area (Å²) in [6.45, 7) is 0. The van der Waals surface area contributed by atoms with Gasteiger partial charge in [0.2, 0.25) is 17.8 Å². The number of pyridine rings is 1. The van der Waals surface area contributed by atoms with Gasteiger partial charge in [-0.25, -0.2) is 23.1 Å². The van der Waals surface area contributed by atoms with Gasteiger partial charge in [0.1, 0.15) is 11.9 Å². The maximum atomic E-state index is 14.7. The Morgan fingerprint density at radius 2 is 1.71 bits per heavy atom. The molecule has 0 spiro atoms. The SMILES string of the molecule is O=C1CC[C@@H](C(=O)N(c2cncc(F)c2)C2(C(=O)NC3CCC(F)(F)CC3)CCc3ccccc32)N1c1ncccn1. The Hall–Kier alpha value is -4.35. The molecule has 1 saturated carbocycles. The van der Waals surface area contributed by atoms with E-state index in [4.69, 9.17) is 0 Å². The molecule has 12 heteroatoms. The lowest BCUT2D eigenvalue weighted by Crippen LogP contribution is -2.62. The summed E-state index contributed by atoms with van der Waals surface area (Å²) in [7, 11) is 0. The number of nitrogens with one attached hydrogen (secondary N) is 1. The molecule has 3 aromatic rings. The highest BCUT2D eigenvalue weighted by Gasteiger charge is 2.56. The molecule has 2 atom stereocenters. The number of alkyl halides is 2. The molecule has 1 aromatic carbocycles. The molecule has 3 heterocycles. The average Bonchev–Trinajstić information content (AvgIpc) is 3.56. The van der Waals surface area contributed by atoms with Crippen molar-refractivity contribution in [3.8, 4) is 0 Å². The molecule has 1 aliphatic heterocycles. The van der Waals surface area contributed by atoms with E-state index in [1.54, 1.807) is 18.2 Å². The van der Waals surface area contributed by atoms with Crippen LogP contribution in [0.1, 0.15) is 56.1 Å². The number of aromatic nitrogens is 3. The zero-order valence-electron chi connectivity index (χ0n) is 22.7.